The van der Waals surface area contributed by atoms with Crippen molar-refractivity contribution < 1.29 is 36.4 Å². The highest BCUT2D eigenvalue weighted by atomic mass is 32.2. The second-order valence-corrected chi connectivity index (χ2v) is 11.4. The second-order valence-electron chi connectivity index (χ2n) is 9.51. The van der Waals surface area contributed by atoms with E-state index in [9.17, 15) is 36.9 Å². The summed E-state index contributed by atoms with van der Waals surface area (Å²) in [5, 5.41) is 11.4. The minimum atomic E-state index is -4.47. The van der Waals surface area contributed by atoms with Gasteiger partial charge >= 0.3 is 5.97 Å². The molecule has 0 aliphatic carbocycles. The van der Waals surface area contributed by atoms with Crippen molar-refractivity contribution in [3.63, 3.8) is 0 Å². The lowest BCUT2D eigenvalue weighted by molar-refractivity contribution is -0.387. The normalized spacial score (nSPS) is 17.9. The van der Waals surface area contributed by atoms with Crippen molar-refractivity contribution in [1.29, 1.82) is 0 Å². The molecule has 2 aromatic rings. The van der Waals surface area contributed by atoms with Gasteiger partial charge in [-0.3, -0.25) is 14.9 Å². The molecule has 37 heavy (non-hydrogen) atoms. The highest BCUT2D eigenvalue weighted by Crippen LogP contribution is 2.30. The number of sulfonamides is 1. The maximum absolute atomic E-state index is 14.4. The number of halogens is 2. The molecule has 1 aliphatic heterocycles. The Morgan fingerprint density at radius 3 is 2.43 bits per heavy atom. The molecule has 1 aliphatic rings. The molecule has 1 amide bonds. The zero-order chi connectivity index (χ0) is 27.7. The Morgan fingerprint density at radius 2 is 1.81 bits per heavy atom. The molecule has 0 saturated carbocycles. The summed E-state index contributed by atoms with van der Waals surface area (Å²) in [6.07, 6.45) is -0.409. The number of nitro groups is 1. The SMILES string of the molecule is C[C@H]1C(=O)N([C@@H](Cc2cccc(F)c2F)C(=O)OC(C)(C)C)CCN1S(=O)(=O)c1ccccc1[N+](=O)[O-]. The lowest BCUT2D eigenvalue weighted by Crippen LogP contribution is -2.62. The number of para-hydroxylation sites is 1. The lowest BCUT2D eigenvalue weighted by atomic mass is 10.0. The average molecular weight is 540 g/mol. The van der Waals surface area contributed by atoms with Crippen LogP contribution < -0.4 is 0 Å². The van der Waals surface area contributed by atoms with Crippen LogP contribution in [0.25, 0.3) is 0 Å². The van der Waals surface area contributed by atoms with Crippen LogP contribution in [0.4, 0.5) is 14.5 Å². The molecule has 200 valence electrons. The topological polar surface area (TPSA) is 127 Å². The first-order valence-electron chi connectivity index (χ1n) is 11.4. The van der Waals surface area contributed by atoms with E-state index in [1.807, 2.05) is 0 Å². The molecular weight excluding hydrogens is 512 g/mol. The molecule has 0 bridgehead atoms. The van der Waals surface area contributed by atoms with Gasteiger partial charge in [0.25, 0.3) is 15.7 Å². The molecule has 1 saturated heterocycles. The predicted octanol–water partition coefficient (Wildman–Crippen LogP) is 3.05. The van der Waals surface area contributed by atoms with E-state index in [0.717, 1.165) is 27.4 Å². The first kappa shape index (κ1) is 28.1. The smallest absolute Gasteiger partial charge is 0.329 e. The monoisotopic (exact) mass is 539 g/mol. The van der Waals surface area contributed by atoms with E-state index in [4.69, 9.17) is 4.74 Å². The number of amides is 1. The summed E-state index contributed by atoms with van der Waals surface area (Å²) < 4.78 is 61.1. The maximum Gasteiger partial charge on any atom is 0.329 e. The molecule has 0 unspecified atom stereocenters. The summed E-state index contributed by atoms with van der Waals surface area (Å²) in [7, 11) is -4.47. The van der Waals surface area contributed by atoms with Crippen LogP contribution in [-0.4, -0.2) is 65.2 Å². The average Bonchev–Trinajstić information content (AvgIpc) is 2.80. The minimum absolute atomic E-state index is 0.161. The van der Waals surface area contributed by atoms with Crippen molar-refractivity contribution in [3.05, 3.63) is 69.8 Å². The number of hydrogen-bond donors (Lipinski definition) is 0. The molecule has 0 aromatic heterocycles. The molecule has 13 heteroatoms. The first-order chi connectivity index (χ1) is 17.1. The zero-order valence-electron chi connectivity index (χ0n) is 20.7. The van der Waals surface area contributed by atoms with Crippen molar-refractivity contribution in [1.82, 2.24) is 9.21 Å². The number of rotatable bonds is 7. The van der Waals surface area contributed by atoms with Crippen molar-refractivity contribution in [2.75, 3.05) is 13.1 Å². The van der Waals surface area contributed by atoms with Gasteiger partial charge in [0, 0.05) is 25.6 Å². The molecule has 0 radical (unpaired) electrons. The van der Waals surface area contributed by atoms with Gasteiger partial charge in [0.2, 0.25) is 5.91 Å². The van der Waals surface area contributed by atoms with Crippen LogP contribution >= 0.6 is 0 Å². The number of carbonyl (C=O) groups is 2. The van der Waals surface area contributed by atoms with Crippen LogP contribution in [0.5, 0.6) is 0 Å². The Morgan fingerprint density at radius 1 is 1.16 bits per heavy atom. The predicted molar refractivity (Wildman–Crippen MR) is 128 cm³/mol. The van der Waals surface area contributed by atoms with E-state index in [1.54, 1.807) is 20.8 Å². The van der Waals surface area contributed by atoms with Gasteiger partial charge in [-0.15, -0.1) is 0 Å². The molecule has 1 heterocycles. The first-order valence-corrected chi connectivity index (χ1v) is 12.8. The van der Waals surface area contributed by atoms with Crippen molar-refractivity contribution in [2.45, 2.75) is 56.7 Å². The van der Waals surface area contributed by atoms with E-state index in [0.29, 0.717) is 0 Å². The Kier molecular flexibility index (Phi) is 7.98. The van der Waals surface area contributed by atoms with Crippen LogP contribution in [0.15, 0.2) is 47.4 Å². The van der Waals surface area contributed by atoms with E-state index in [-0.39, 0.29) is 18.7 Å². The molecule has 1 fully saturated rings. The third kappa shape index (κ3) is 5.93. The van der Waals surface area contributed by atoms with Crippen molar-refractivity contribution in [2.24, 2.45) is 0 Å². The maximum atomic E-state index is 14.4. The van der Waals surface area contributed by atoms with Gasteiger partial charge in [0.1, 0.15) is 17.7 Å². The van der Waals surface area contributed by atoms with Gasteiger partial charge in [0.05, 0.1) is 4.92 Å². The fraction of sp³-hybridized carbons (Fsp3) is 0.417. The van der Waals surface area contributed by atoms with E-state index in [2.05, 4.69) is 0 Å². The Balaban J connectivity index is 1.96. The van der Waals surface area contributed by atoms with Gasteiger partial charge in [-0.05, 0) is 45.4 Å². The van der Waals surface area contributed by atoms with Crippen LogP contribution in [0.1, 0.15) is 33.3 Å². The number of carbonyl (C=O) groups excluding carboxylic acids is 2. The number of ether oxygens (including phenoxy) is 1. The van der Waals surface area contributed by atoms with Gasteiger partial charge < -0.3 is 9.64 Å². The van der Waals surface area contributed by atoms with Gasteiger partial charge in [-0.1, -0.05) is 24.3 Å². The molecule has 3 rings (SSSR count). The van der Waals surface area contributed by atoms with Gasteiger partial charge in [0.15, 0.2) is 16.5 Å². The summed E-state index contributed by atoms with van der Waals surface area (Å²) in [5.74, 6) is -3.96. The molecule has 2 atom stereocenters. The van der Waals surface area contributed by atoms with Crippen LogP contribution in [-0.2, 0) is 30.8 Å². The quantitative estimate of drug-likeness (QED) is 0.301. The summed E-state index contributed by atoms with van der Waals surface area (Å²) in [6, 6.07) is 5.51. The number of esters is 1. The van der Waals surface area contributed by atoms with E-state index >= 15 is 0 Å². The number of nitrogens with zero attached hydrogens (tertiary/aromatic N) is 3. The zero-order valence-corrected chi connectivity index (χ0v) is 21.5. The molecule has 2 aromatic carbocycles. The number of piperazine rings is 1. The van der Waals surface area contributed by atoms with Crippen LogP contribution in [0.3, 0.4) is 0 Å². The second kappa shape index (κ2) is 10.5. The van der Waals surface area contributed by atoms with E-state index < -0.39 is 73.1 Å². The number of nitro benzene ring substituents is 1. The van der Waals surface area contributed by atoms with Gasteiger partial charge in [-0.2, -0.15) is 4.31 Å². The molecule has 0 N–H and O–H groups in total. The third-order valence-electron chi connectivity index (χ3n) is 5.78. The Hall–Kier alpha value is -3.45. The Bertz CT molecular complexity index is 1330. The third-order valence-corrected chi connectivity index (χ3v) is 7.80. The standard InChI is InChI=1S/C24H27F2N3O7S/c1-15-22(30)27(12-13-28(15)37(34,35)20-11-6-5-10-18(20)29(32)33)19(23(31)36-24(2,3)4)14-16-8-7-9-17(25)21(16)26/h5-11,15,19H,12-14H2,1-4H3/t15-,19-/m0/s1. The molecular formula is C24H27F2N3O7S. The highest BCUT2D eigenvalue weighted by Gasteiger charge is 2.45. The van der Waals surface area contributed by atoms with E-state index in [1.165, 1.54) is 31.2 Å². The fourth-order valence-corrected chi connectivity index (χ4v) is 5.81. The fourth-order valence-electron chi connectivity index (χ4n) is 4.07. The van der Waals surface area contributed by atoms with Crippen LogP contribution in [0, 0.1) is 21.7 Å². The lowest BCUT2D eigenvalue weighted by Gasteiger charge is -2.41. The summed E-state index contributed by atoms with van der Waals surface area (Å²) in [6.45, 7) is 5.51. The summed E-state index contributed by atoms with van der Waals surface area (Å²) in [5.41, 5.74) is -1.76. The minimum Gasteiger partial charge on any atom is -0.458 e. The molecule has 0 spiro atoms. The number of benzene rings is 2. The Labute approximate surface area is 213 Å². The number of hydrogen-bond acceptors (Lipinski definition) is 7. The largest absolute Gasteiger partial charge is 0.458 e. The van der Waals surface area contributed by atoms with Crippen molar-refractivity contribution >= 4 is 27.6 Å². The van der Waals surface area contributed by atoms with Crippen molar-refractivity contribution in [3.8, 4) is 0 Å². The summed E-state index contributed by atoms with van der Waals surface area (Å²) in [4.78, 5) is 37.6. The molecule has 10 nitrogen and oxygen atoms in total. The summed E-state index contributed by atoms with van der Waals surface area (Å²) >= 11 is 0. The van der Waals surface area contributed by atoms with Crippen LogP contribution in [0.2, 0.25) is 0 Å². The van der Waals surface area contributed by atoms with Gasteiger partial charge in [-0.25, -0.2) is 22.0 Å². The highest BCUT2D eigenvalue weighted by molar-refractivity contribution is 7.89.